The van der Waals surface area contributed by atoms with E-state index >= 15 is 0 Å². The van der Waals surface area contributed by atoms with Crippen molar-refractivity contribution in [3.05, 3.63) is 11.8 Å². The summed E-state index contributed by atoms with van der Waals surface area (Å²) in [4.78, 5) is 4.05. The van der Waals surface area contributed by atoms with Gasteiger partial charge in [0, 0.05) is 11.9 Å². The molecule has 46 valence electrons. The summed E-state index contributed by atoms with van der Waals surface area (Å²) >= 11 is 0. The van der Waals surface area contributed by atoms with Gasteiger partial charge in [-0.2, -0.15) is 0 Å². The summed E-state index contributed by atoms with van der Waals surface area (Å²) in [6, 6.07) is 0. The molecule has 1 nitrogen and oxygen atoms in total. The topological polar surface area (TPSA) is 12.4 Å². The van der Waals surface area contributed by atoms with Crippen molar-refractivity contribution in [1.82, 2.24) is 0 Å². The van der Waals surface area contributed by atoms with Crippen LogP contribution in [0.15, 0.2) is 16.8 Å². The first-order chi connectivity index (χ1) is 3.81. The highest BCUT2D eigenvalue weighted by Crippen LogP contribution is 1.93. The van der Waals surface area contributed by atoms with Crippen LogP contribution in [0.25, 0.3) is 0 Å². The van der Waals surface area contributed by atoms with Crippen LogP contribution in [-0.2, 0) is 0 Å². The summed E-state index contributed by atoms with van der Waals surface area (Å²) in [5, 5.41) is 0. The Kier molecular flexibility index (Phi) is 4.23. The van der Waals surface area contributed by atoms with E-state index in [-0.39, 0.29) is 0 Å². The minimum Gasteiger partial charge on any atom is -0.267 e. The van der Waals surface area contributed by atoms with Gasteiger partial charge in [-0.3, -0.25) is 4.99 Å². The van der Waals surface area contributed by atoms with Crippen molar-refractivity contribution in [1.29, 1.82) is 0 Å². The van der Waals surface area contributed by atoms with E-state index in [1.165, 1.54) is 0 Å². The van der Waals surface area contributed by atoms with E-state index in [9.17, 15) is 0 Å². The van der Waals surface area contributed by atoms with Crippen molar-refractivity contribution in [2.24, 2.45) is 4.99 Å². The zero-order valence-electron chi connectivity index (χ0n) is 5.81. The van der Waals surface area contributed by atoms with Crippen LogP contribution in [0.4, 0.5) is 0 Å². The van der Waals surface area contributed by atoms with Gasteiger partial charge >= 0.3 is 0 Å². The summed E-state index contributed by atoms with van der Waals surface area (Å²) in [5.74, 6) is 0. The monoisotopic (exact) mass is 111 g/mol. The number of hydrogen-bond acceptors (Lipinski definition) is 1. The number of rotatable bonds is 2. The molecule has 0 fully saturated rings. The largest absolute Gasteiger partial charge is 0.267 e. The average Bonchev–Trinajstić information content (AvgIpc) is 1.68. The molecule has 0 radical (unpaired) electrons. The normalized spacial score (nSPS) is 13.1. The van der Waals surface area contributed by atoms with Gasteiger partial charge in [-0.25, -0.2) is 0 Å². The second-order valence-electron chi connectivity index (χ2n) is 1.64. The number of allylic oxidation sites excluding steroid dienone is 2. The van der Waals surface area contributed by atoms with Crippen molar-refractivity contribution >= 4 is 6.21 Å². The molecule has 0 amide bonds. The Morgan fingerprint density at radius 2 is 2.25 bits per heavy atom. The Hall–Kier alpha value is -0.590. The number of hydrogen-bond donors (Lipinski definition) is 0. The van der Waals surface area contributed by atoms with E-state index in [0.29, 0.717) is 0 Å². The molecule has 0 N–H and O–H groups in total. The van der Waals surface area contributed by atoms with Gasteiger partial charge in [0.1, 0.15) is 0 Å². The predicted molar refractivity (Wildman–Crippen MR) is 38.2 cm³/mol. The lowest BCUT2D eigenvalue weighted by Gasteiger charge is -1.85. The maximum absolute atomic E-state index is 4.05. The summed E-state index contributed by atoms with van der Waals surface area (Å²) in [7, 11) is 0. The molecule has 0 atom stereocenters. The van der Waals surface area contributed by atoms with Crippen LogP contribution in [0.2, 0.25) is 0 Å². The van der Waals surface area contributed by atoms with Gasteiger partial charge in [0.05, 0.1) is 0 Å². The first kappa shape index (κ1) is 7.41. The second kappa shape index (κ2) is 4.57. The van der Waals surface area contributed by atoms with Gasteiger partial charge in [0.25, 0.3) is 0 Å². The van der Waals surface area contributed by atoms with E-state index in [1.807, 2.05) is 20.1 Å². The highest BCUT2D eigenvalue weighted by Gasteiger charge is 1.74. The van der Waals surface area contributed by atoms with Gasteiger partial charge in [0.2, 0.25) is 0 Å². The third-order valence-corrected chi connectivity index (χ3v) is 0.832. The van der Waals surface area contributed by atoms with Crippen molar-refractivity contribution in [3.63, 3.8) is 0 Å². The van der Waals surface area contributed by atoms with Crippen LogP contribution in [-0.4, -0.2) is 6.21 Å². The van der Waals surface area contributed by atoms with E-state index in [4.69, 9.17) is 0 Å². The fraction of sp³-hybridized carbons (Fsp3) is 0.571. The van der Waals surface area contributed by atoms with Gasteiger partial charge in [-0.1, -0.05) is 13.0 Å². The fourth-order valence-electron chi connectivity index (χ4n) is 0.552. The fourth-order valence-corrected chi connectivity index (χ4v) is 0.552. The van der Waals surface area contributed by atoms with Crippen LogP contribution in [0.5, 0.6) is 0 Å². The third-order valence-electron chi connectivity index (χ3n) is 0.832. The highest BCUT2D eigenvalue weighted by atomic mass is 14.7. The minimum atomic E-state index is 1.07. The average molecular weight is 111 g/mol. The molecule has 0 aromatic heterocycles. The van der Waals surface area contributed by atoms with E-state index < -0.39 is 0 Å². The molecular formula is C7H13N. The molecular weight excluding hydrogens is 98.1 g/mol. The SMILES string of the molecule is C/C=N\C(C)=C/CC. The Labute approximate surface area is 51.1 Å². The quantitative estimate of drug-likeness (QED) is 0.485. The molecule has 1 heteroatoms. The molecule has 0 bridgehead atoms. The lowest BCUT2D eigenvalue weighted by Crippen LogP contribution is -1.67. The summed E-state index contributed by atoms with van der Waals surface area (Å²) in [5.41, 5.74) is 1.11. The third kappa shape index (κ3) is 3.59. The van der Waals surface area contributed by atoms with Crippen LogP contribution >= 0.6 is 0 Å². The first-order valence-electron chi connectivity index (χ1n) is 2.96. The number of nitrogens with zero attached hydrogens (tertiary/aromatic N) is 1. The molecule has 0 aromatic rings. The molecule has 0 aliphatic carbocycles. The van der Waals surface area contributed by atoms with Gasteiger partial charge < -0.3 is 0 Å². The molecule has 0 aromatic carbocycles. The summed E-state index contributed by atoms with van der Waals surface area (Å²) in [6.45, 7) is 6.03. The smallest absolute Gasteiger partial charge is 0.0328 e. The Morgan fingerprint density at radius 3 is 2.62 bits per heavy atom. The lowest BCUT2D eigenvalue weighted by molar-refractivity contribution is 1.16. The molecule has 0 spiro atoms. The molecule has 0 saturated carbocycles. The Bertz CT molecular complexity index is 101. The molecule has 0 heterocycles. The summed E-state index contributed by atoms with van der Waals surface area (Å²) < 4.78 is 0. The van der Waals surface area contributed by atoms with Gasteiger partial charge in [-0.05, 0) is 20.3 Å². The van der Waals surface area contributed by atoms with E-state index in [0.717, 1.165) is 12.1 Å². The molecule has 8 heavy (non-hydrogen) atoms. The van der Waals surface area contributed by atoms with Crippen molar-refractivity contribution in [2.75, 3.05) is 0 Å². The zero-order valence-corrected chi connectivity index (χ0v) is 5.81. The zero-order chi connectivity index (χ0) is 6.41. The minimum absolute atomic E-state index is 1.07. The van der Waals surface area contributed by atoms with Gasteiger partial charge in [0.15, 0.2) is 0 Å². The Balaban J connectivity index is 3.61. The predicted octanol–water partition coefficient (Wildman–Crippen LogP) is 2.39. The summed E-state index contributed by atoms with van der Waals surface area (Å²) in [6.07, 6.45) is 4.98. The van der Waals surface area contributed by atoms with Crippen LogP contribution in [0.1, 0.15) is 27.2 Å². The van der Waals surface area contributed by atoms with Crippen LogP contribution in [0, 0.1) is 0 Å². The molecule has 0 saturated heterocycles. The highest BCUT2D eigenvalue weighted by molar-refractivity contribution is 5.55. The molecule has 0 unspecified atom stereocenters. The Morgan fingerprint density at radius 1 is 1.62 bits per heavy atom. The van der Waals surface area contributed by atoms with Crippen molar-refractivity contribution in [2.45, 2.75) is 27.2 Å². The molecule has 0 aliphatic rings. The maximum Gasteiger partial charge on any atom is 0.0328 e. The first-order valence-corrected chi connectivity index (χ1v) is 2.96. The van der Waals surface area contributed by atoms with Crippen LogP contribution in [0.3, 0.4) is 0 Å². The lowest BCUT2D eigenvalue weighted by atomic mass is 10.4. The van der Waals surface area contributed by atoms with E-state index in [1.54, 1.807) is 0 Å². The standard InChI is InChI=1S/C7H13N/c1-4-6-7(3)8-5-2/h5-6H,4H2,1-3H3/b7-6-,8-5-. The van der Waals surface area contributed by atoms with Gasteiger partial charge in [-0.15, -0.1) is 0 Å². The van der Waals surface area contributed by atoms with Crippen LogP contribution < -0.4 is 0 Å². The molecule has 0 aliphatic heterocycles. The van der Waals surface area contributed by atoms with Crippen molar-refractivity contribution < 1.29 is 0 Å². The second-order valence-corrected chi connectivity index (χ2v) is 1.64. The number of aliphatic imine (C=N–C) groups is 1. The van der Waals surface area contributed by atoms with Crippen molar-refractivity contribution in [3.8, 4) is 0 Å². The molecule has 0 rings (SSSR count). The maximum atomic E-state index is 4.05. The van der Waals surface area contributed by atoms with E-state index in [2.05, 4.69) is 18.0 Å².